The van der Waals surface area contributed by atoms with Gasteiger partial charge in [-0.15, -0.1) is 0 Å². The fraction of sp³-hybridized carbons (Fsp3) is 0.333. The van der Waals surface area contributed by atoms with Crippen molar-refractivity contribution in [2.24, 2.45) is 0 Å². The lowest BCUT2D eigenvalue weighted by molar-refractivity contribution is -0.125. The Hall–Kier alpha value is -4.07. The largest absolute Gasteiger partial charge is 0.494 e. The first-order valence-corrected chi connectivity index (χ1v) is 11.5. The second-order valence-electron chi connectivity index (χ2n) is 9.23. The van der Waals surface area contributed by atoms with Crippen LogP contribution in [0, 0.1) is 5.82 Å². The Morgan fingerprint density at radius 2 is 2.05 bits per heavy atom. The van der Waals surface area contributed by atoms with Gasteiger partial charge in [-0.2, -0.15) is 0 Å². The summed E-state index contributed by atoms with van der Waals surface area (Å²) in [6.07, 6.45) is -2.21. The van der Waals surface area contributed by atoms with Crippen molar-refractivity contribution >= 4 is 34.6 Å². The summed E-state index contributed by atoms with van der Waals surface area (Å²) in [5, 5.41) is 25.1. The average molecular weight is 511 g/mol. The molecule has 0 radical (unpaired) electrons. The van der Waals surface area contributed by atoms with E-state index in [0.29, 0.717) is 22.5 Å². The highest BCUT2D eigenvalue weighted by atomic mass is 19.1. The molecular weight excluding hydrogens is 489 g/mol. The van der Waals surface area contributed by atoms with Gasteiger partial charge < -0.3 is 29.6 Å². The van der Waals surface area contributed by atoms with Crippen molar-refractivity contribution < 1.29 is 38.1 Å². The molecule has 12 nitrogen and oxygen atoms in total. The van der Waals surface area contributed by atoms with Crippen molar-refractivity contribution in [2.45, 2.75) is 31.0 Å². The molecule has 1 aromatic carbocycles. The number of benzene rings is 1. The number of anilines is 1. The van der Waals surface area contributed by atoms with Crippen LogP contribution in [0.3, 0.4) is 0 Å². The van der Waals surface area contributed by atoms with Gasteiger partial charge in [-0.05, 0) is 23.8 Å². The lowest BCUT2D eigenvalue weighted by Gasteiger charge is -2.29. The molecule has 192 valence electrons. The van der Waals surface area contributed by atoms with Gasteiger partial charge >= 0.3 is 0 Å². The van der Waals surface area contributed by atoms with Gasteiger partial charge in [0.2, 0.25) is 5.91 Å². The zero-order chi connectivity index (χ0) is 26.1. The molecule has 0 spiro atoms. The normalized spacial score (nSPS) is 25.4. The Balaban J connectivity index is 1.36. The minimum atomic E-state index is -1.71. The molecule has 5 heterocycles. The molecule has 3 atom stereocenters. The monoisotopic (exact) mass is 511 g/mol. The van der Waals surface area contributed by atoms with E-state index in [4.69, 9.17) is 9.15 Å². The summed E-state index contributed by atoms with van der Waals surface area (Å²) < 4.78 is 25.8. The maximum Gasteiger partial charge on any atom is 0.257 e. The maximum absolute atomic E-state index is 14.8. The summed E-state index contributed by atoms with van der Waals surface area (Å²) in [4.78, 5) is 45.6. The number of aromatic nitrogens is 1. The summed E-state index contributed by atoms with van der Waals surface area (Å²) >= 11 is 0. The third kappa shape index (κ3) is 3.54. The van der Waals surface area contributed by atoms with Gasteiger partial charge in [-0.25, -0.2) is 9.37 Å². The Kier molecular flexibility index (Phi) is 5.19. The number of methoxy groups -OCH3 is 1. The number of furan rings is 1. The van der Waals surface area contributed by atoms with Gasteiger partial charge in [0.25, 0.3) is 11.8 Å². The zero-order valence-electron chi connectivity index (χ0n) is 19.5. The summed E-state index contributed by atoms with van der Waals surface area (Å²) in [6, 6.07) is 7.64. The highest BCUT2D eigenvalue weighted by Gasteiger charge is 2.53. The standard InChI is InChI=1S/C24H22FN5O7/c1-36-15-3-2-11-8-29(21(33)19(11)20(15)25)10-24(22(34)27-23(35)28-24)16-7-13-14(37-16)4-5-17(26-13)30-9-12(31)6-18(30)32/h2-5,7,12,23,28,31,35H,6,8-10H2,1H3,(H,27,34). The Bertz CT molecular complexity index is 1480. The van der Waals surface area contributed by atoms with Gasteiger partial charge in [0.1, 0.15) is 17.1 Å². The first-order valence-electron chi connectivity index (χ1n) is 11.5. The van der Waals surface area contributed by atoms with Crippen LogP contribution in [-0.4, -0.2) is 70.5 Å². The van der Waals surface area contributed by atoms with Crippen molar-refractivity contribution in [3.63, 3.8) is 0 Å². The van der Waals surface area contributed by atoms with E-state index in [2.05, 4.69) is 15.6 Å². The minimum absolute atomic E-state index is 0.000164. The lowest BCUT2D eigenvalue weighted by Crippen LogP contribution is -2.53. The van der Waals surface area contributed by atoms with Crippen LogP contribution < -0.4 is 20.3 Å². The molecule has 4 N–H and O–H groups in total. The second-order valence-corrected chi connectivity index (χ2v) is 9.23. The molecule has 0 bridgehead atoms. The number of fused-ring (bicyclic) bond motifs is 2. The Morgan fingerprint density at radius 1 is 1.24 bits per heavy atom. The van der Waals surface area contributed by atoms with Crippen molar-refractivity contribution in [2.75, 3.05) is 25.1 Å². The number of hydrogen-bond acceptors (Lipinski definition) is 9. The molecular formula is C24H22FN5O7. The molecule has 0 saturated carbocycles. The second kappa shape index (κ2) is 8.23. The Labute approximate surface area is 208 Å². The van der Waals surface area contributed by atoms with Crippen LogP contribution in [0.1, 0.15) is 28.1 Å². The predicted octanol–water partition coefficient (Wildman–Crippen LogP) is -0.0803. The van der Waals surface area contributed by atoms with Gasteiger partial charge in [0, 0.05) is 12.6 Å². The van der Waals surface area contributed by atoms with Crippen LogP contribution in [0.2, 0.25) is 0 Å². The van der Waals surface area contributed by atoms with Crippen molar-refractivity contribution in [3.05, 3.63) is 53.0 Å². The molecule has 13 heteroatoms. The Morgan fingerprint density at radius 3 is 2.73 bits per heavy atom. The number of aliphatic hydroxyl groups excluding tert-OH is 2. The van der Waals surface area contributed by atoms with Gasteiger partial charge in [-0.1, -0.05) is 6.07 Å². The number of nitrogens with zero attached hydrogens (tertiary/aromatic N) is 3. The van der Waals surface area contributed by atoms with Crippen LogP contribution in [0.25, 0.3) is 11.1 Å². The van der Waals surface area contributed by atoms with Crippen LogP contribution in [0.15, 0.2) is 34.7 Å². The zero-order valence-corrected chi connectivity index (χ0v) is 19.5. The van der Waals surface area contributed by atoms with E-state index in [9.17, 15) is 29.0 Å². The number of aliphatic hydroxyl groups is 2. The van der Waals surface area contributed by atoms with Gasteiger partial charge in [0.15, 0.2) is 29.0 Å². The van der Waals surface area contributed by atoms with Gasteiger partial charge in [0.05, 0.1) is 38.3 Å². The molecule has 0 aliphatic carbocycles. The summed E-state index contributed by atoms with van der Waals surface area (Å²) in [5.74, 6) is -2.03. The predicted molar refractivity (Wildman–Crippen MR) is 124 cm³/mol. The number of pyridine rings is 1. The number of ether oxygens (including phenoxy) is 1. The van der Waals surface area contributed by atoms with E-state index in [-0.39, 0.29) is 49.0 Å². The molecule has 2 fully saturated rings. The number of carbonyl (C=O) groups excluding carboxylic acids is 3. The fourth-order valence-corrected chi connectivity index (χ4v) is 5.11. The van der Waals surface area contributed by atoms with E-state index in [1.165, 1.54) is 29.0 Å². The lowest BCUT2D eigenvalue weighted by atomic mass is 9.95. The highest BCUT2D eigenvalue weighted by molar-refractivity contribution is 6.00. The van der Waals surface area contributed by atoms with Crippen LogP contribution in [-0.2, 0) is 21.7 Å². The summed E-state index contributed by atoms with van der Waals surface area (Å²) in [6.45, 7) is -0.139. The number of carbonyl (C=O) groups is 3. The number of hydrogen-bond donors (Lipinski definition) is 4. The van der Waals surface area contributed by atoms with Crippen LogP contribution in [0.5, 0.6) is 5.75 Å². The van der Waals surface area contributed by atoms with Gasteiger partial charge in [-0.3, -0.25) is 24.6 Å². The number of halogens is 1. The van der Waals surface area contributed by atoms with Crippen molar-refractivity contribution in [3.8, 4) is 5.75 Å². The fourth-order valence-electron chi connectivity index (χ4n) is 5.11. The highest BCUT2D eigenvalue weighted by Crippen LogP contribution is 2.36. The molecule has 2 aromatic heterocycles. The quantitative estimate of drug-likeness (QED) is 0.368. The van der Waals surface area contributed by atoms with E-state index >= 15 is 0 Å². The van der Waals surface area contributed by atoms with Crippen LogP contribution >= 0.6 is 0 Å². The molecule has 3 amide bonds. The van der Waals surface area contributed by atoms with Crippen molar-refractivity contribution in [1.82, 2.24) is 20.5 Å². The molecule has 3 aliphatic heterocycles. The summed E-state index contributed by atoms with van der Waals surface area (Å²) in [7, 11) is 1.30. The maximum atomic E-state index is 14.8. The molecule has 6 rings (SSSR count). The van der Waals surface area contributed by atoms with E-state index in [0.717, 1.165) is 0 Å². The first-order chi connectivity index (χ1) is 17.7. The minimum Gasteiger partial charge on any atom is -0.494 e. The molecule has 2 saturated heterocycles. The average Bonchev–Trinajstić information content (AvgIpc) is 3.59. The third-order valence-electron chi connectivity index (χ3n) is 6.90. The number of rotatable bonds is 5. The number of nitrogens with one attached hydrogen (secondary N) is 2. The molecule has 3 aromatic rings. The molecule has 3 aliphatic rings. The number of β-amino-alcohol motifs (C(OH)–C–C–N with tert-alkyl or cyclic N) is 1. The van der Waals surface area contributed by atoms with E-state index in [1.54, 1.807) is 18.2 Å². The topological polar surface area (TPSA) is 157 Å². The summed E-state index contributed by atoms with van der Waals surface area (Å²) in [5.41, 5.74) is -0.789. The van der Waals surface area contributed by atoms with E-state index < -0.39 is 35.6 Å². The van der Waals surface area contributed by atoms with Crippen LogP contribution in [0.4, 0.5) is 10.2 Å². The molecule has 37 heavy (non-hydrogen) atoms. The molecule has 3 unspecified atom stereocenters. The third-order valence-corrected chi connectivity index (χ3v) is 6.90. The first kappa shape index (κ1) is 23.3. The van der Waals surface area contributed by atoms with Crippen molar-refractivity contribution in [1.29, 1.82) is 0 Å². The number of amides is 3. The van der Waals surface area contributed by atoms with E-state index in [1.807, 2.05) is 0 Å². The SMILES string of the molecule is COc1ccc2c(c1F)C(=O)N(CC1(c3cc4nc(N5CC(O)CC5=O)ccc4o3)NC(O)NC1=O)C2. The smallest absolute Gasteiger partial charge is 0.257 e.